The number of pyridine rings is 1. The largest absolute Gasteiger partial charge is 0.311 e. The molecule has 0 unspecified atom stereocenters. The van der Waals surface area contributed by atoms with Crippen molar-refractivity contribution in [3.8, 4) is 0 Å². The van der Waals surface area contributed by atoms with Crippen LogP contribution < -0.4 is 5.32 Å². The minimum Gasteiger partial charge on any atom is -0.311 e. The van der Waals surface area contributed by atoms with Gasteiger partial charge in [-0.25, -0.2) is 0 Å². The van der Waals surface area contributed by atoms with Gasteiger partial charge in [-0.05, 0) is 30.2 Å². The Morgan fingerprint density at radius 1 is 1.37 bits per heavy atom. The van der Waals surface area contributed by atoms with Crippen LogP contribution in [-0.2, 0) is 13.1 Å². The van der Waals surface area contributed by atoms with E-state index in [1.54, 1.807) is 12.4 Å². The van der Waals surface area contributed by atoms with Gasteiger partial charge in [-0.15, -0.1) is 0 Å². The van der Waals surface area contributed by atoms with Gasteiger partial charge < -0.3 is 5.32 Å². The number of rotatable bonds is 6. The van der Waals surface area contributed by atoms with Crippen molar-refractivity contribution in [2.45, 2.75) is 26.9 Å². The summed E-state index contributed by atoms with van der Waals surface area (Å²) in [5.74, 6) is 0.651. The number of hydrogen-bond acceptors (Lipinski definition) is 3. The standard InChI is InChI=1S/C14H19ClN4/c1-11(2)7-17-8-13-4-6-19(18-13)10-12-3-5-16-9-14(12)15/h3-6,9,11,17H,7-8,10H2,1-2H3. The molecule has 0 spiro atoms. The summed E-state index contributed by atoms with van der Waals surface area (Å²) in [5, 5.41) is 8.57. The molecule has 19 heavy (non-hydrogen) atoms. The monoisotopic (exact) mass is 278 g/mol. The van der Waals surface area contributed by atoms with Crippen LogP contribution in [0.2, 0.25) is 5.02 Å². The van der Waals surface area contributed by atoms with Gasteiger partial charge in [0.1, 0.15) is 0 Å². The van der Waals surface area contributed by atoms with Crippen LogP contribution in [0.4, 0.5) is 0 Å². The summed E-state index contributed by atoms with van der Waals surface area (Å²) in [5.41, 5.74) is 2.08. The maximum Gasteiger partial charge on any atom is 0.0762 e. The minimum absolute atomic E-state index is 0.651. The molecule has 2 aromatic heterocycles. The quantitative estimate of drug-likeness (QED) is 0.883. The second kappa shape index (κ2) is 6.68. The highest BCUT2D eigenvalue weighted by atomic mass is 35.5. The lowest BCUT2D eigenvalue weighted by molar-refractivity contribution is 0.543. The molecule has 0 aromatic carbocycles. The molecule has 2 heterocycles. The molecule has 0 aliphatic rings. The first-order valence-corrected chi connectivity index (χ1v) is 6.84. The Kier molecular flexibility index (Phi) is 4.93. The maximum atomic E-state index is 6.08. The molecule has 0 saturated heterocycles. The fourth-order valence-corrected chi connectivity index (χ4v) is 1.96. The summed E-state index contributed by atoms with van der Waals surface area (Å²) in [6, 6.07) is 3.95. The zero-order chi connectivity index (χ0) is 13.7. The number of halogens is 1. The van der Waals surface area contributed by atoms with E-state index >= 15 is 0 Å². The highest BCUT2D eigenvalue weighted by molar-refractivity contribution is 6.31. The van der Waals surface area contributed by atoms with Gasteiger partial charge in [0.2, 0.25) is 0 Å². The lowest BCUT2D eigenvalue weighted by Crippen LogP contribution is -2.19. The SMILES string of the molecule is CC(C)CNCc1ccn(Cc2ccncc2Cl)n1. The second-order valence-corrected chi connectivity index (χ2v) is 5.40. The fourth-order valence-electron chi connectivity index (χ4n) is 1.78. The van der Waals surface area contributed by atoms with E-state index < -0.39 is 0 Å². The average Bonchev–Trinajstić information content (AvgIpc) is 2.79. The Labute approximate surface area is 118 Å². The molecule has 0 bridgehead atoms. The highest BCUT2D eigenvalue weighted by Crippen LogP contribution is 2.14. The zero-order valence-corrected chi connectivity index (χ0v) is 12.1. The normalized spacial score (nSPS) is 11.2. The predicted octanol–water partition coefficient (Wildman–Crippen LogP) is 2.73. The first-order valence-electron chi connectivity index (χ1n) is 6.46. The Morgan fingerprint density at radius 3 is 2.95 bits per heavy atom. The summed E-state index contributed by atoms with van der Waals surface area (Å²) in [4.78, 5) is 3.98. The van der Waals surface area contributed by atoms with Crippen LogP contribution in [-0.4, -0.2) is 21.3 Å². The summed E-state index contributed by atoms with van der Waals surface area (Å²) < 4.78 is 1.90. The third-order valence-corrected chi connectivity index (χ3v) is 3.08. The molecule has 0 aliphatic carbocycles. The van der Waals surface area contributed by atoms with Crippen LogP contribution in [0, 0.1) is 5.92 Å². The highest BCUT2D eigenvalue weighted by Gasteiger charge is 2.03. The predicted molar refractivity (Wildman–Crippen MR) is 77.1 cm³/mol. The molecule has 2 rings (SSSR count). The Morgan fingerprint density at radius 2 is 2.21 bits per heavy atom. The molecule has 4 nitrogen and oxygen atoms in total. The third kappa shape index (κ3) is 4.33. The van der Waals surface area contributed by atoms with E-state index in [0.29, 0.717) is 17.5 Å². The van der Waals surface area contributed by atoms with E-state index in [1.807, 2.05) is 23.0 Å². The number of nitrogens with zero attached hydrogens (tertiary/aromatic N) is 3. The molecule has 0 saturated carbocycles. The van der Waals surface area contributed by atoms with Gasteiger partial charge in [0, 0.05) is 25.1 Å². The smallest absolute Gasteiger partial charge is 0.0762 e. The van der Waals surface area contributed by atoms with Crippen molar-refractivity contribution in [2.75, 3.05) is 6.54 Å². The van der Waals surface area contributed by atoms with Crippen molar-refractivity contribution in [2.24, 2.45) is 5.92 Å². The van der Waals surface area contributed by atoms with E-state index in [-0.39, 0.29) is 0 Å². The first-order chi connectivity index (χ1) is 9.15. The van der Waals surface area contributed by atoms with Gasteiger partial charge in [-0.2, -0.15) is 5.10 Å². The van der Waals surface area contributed by atoms with Gasteiger partial charge in [0.05, 0.1) is 17.3 Å². The van der Waals surface area contributed by atoms with Crippen LogP contribution in [0.5, 0.6) is 0 Å². The van der Waals surface area contributed by atoms with E-state index in [9.17, 15) is 0 Å². The molecule has 102 valence electrons. The summed E-state index contributed by atoms with van der Waals surface area (Å²) in [6.07, 6.45) is 5.38. The van der Waals surface area contributed by atoms with Crippen molar-refractivity contribution < 1.29 is 0 Å². The van der Waals surface area contributed by atoms with Gasteiger partial charge in [0.25, 0.3) is 0 Å². The number of nitrogens with one attached hydrogen (secondary N) is 1. The average molecular weight is 279 g/mol. The van der Waals surface area contributed by atoms with Crippen molar-refractivity contribution >= 4 is 11.6 Å². The van der Waals surface area contributed by atoms with Crippen LogP contribution in [0.1, 0.15) is 25.1 Å². The molecule has 0 radical (unpaired) electrons. The molecule has 0 fully saturated rings. The number of aromatic nitrogens is 3. The van der Waals surface area contributed by atoms with Crippen molar-refractivity contribution in [3.63, 3.8) is 0 Å². The van der Waals surface area contributed by atoms with Gasteiger partial charge in [-0.3, -0.25) is 9.67 Å². The Balaban J connectivity index is 1.92. The summed E-state index contributed by atoms with van der Waals surface area (Å²) >= 11 is 6.08. The summed E-state index contributed by atoms with van der Waals surface area (Å²) in [7, 11) is 0. The zero-order valence-electron chi connectivity index (χ0n) is 11.3. The van der Waals surface area contributed by atoms with E-state index in [0.717, 1.165) is 24.3 Å². The lowest BCUT2D eigenvalue weighted by atomic mass is 10.2. The lowest BCUT2D eigenvalue weighted by Gasteiger charge is -2.05. The second-order valence-electron chi connectivity index (χ2n) is 5.00. The Bertz CT molecular complexity index is 522. The summed E-state index contributed by atoms with van der Waals surface area (Å²) in [6.45, 7) is 6.86. The molecular formula is C14H19ClN4. The molecule has 1 N–H and O–H groups in total. The molecule has 0 amide bonds. The molecular weight excluding hydrogens is 260 g/mol. The maximum absolute atomic E-state index is 6.08. The third-order valence-electron chi connectivity index (χ3n) is 2.74. The van der Waals surface area contributed by atoms with Crippen LogP contribution in [0.15, 0.2) is 30.7 Å². The van der Waals surface area contributed by atoms with Crippen molar-refractivity contribution in [1.29, 1.82) is 0 Å². The molecule has 0 atom stereocenters. The number of hydrogen-bond donors (Lipinski definition) is 1. The van der Waals surface area contributed by atoms with E-state index in [1.165, 1.54) is 0 Å². The van der Waals surface area contributed by atoms with E-state index in [4.69, 9.17) is 11.6 Å². The Hall–Kier alpha value is -1.39. The molecule has 2 aromatic rings. The van der Waals surface area contributed by atoms with Gasteiger partial charge in [-0.1, -0.05) is 25.4 Å². The van der Waals surface area contributed by atoms with Crippen LogP contribution in [0.25, 0.3) is 0 Å². The van der Waals surface area contributed by atoms with Crippen LogP contribution in [0.3, 0.4) is 0 Å². The van der Waals surface area contributed by atoms with Gasteiger partial charge >= 0.3 is 0 Å². The van der Waals surface area contributed by atoms with E-state index in [2.05, 4.69) is 29.2 Å². The fraction of sp³-hybridized carbons (Fsp3) is 0.429. The van der Waals surface area contributed by atoms with Crippen molar-refractivity contribution in [1.82, 2.24) is 20.1 Å². The first kappa shape index (κ1) is 14.0. The minimum atomic E-state index is 0.651. The molecule has 5 heteroatoms. The van der Waals surface area contributed by atoms with Crippen LogP contribution >= 0.6 is 11.6 Å². The topological polar surface area (TPSA) is 42.7 Å². The van der Waals surface area contributed by atoms with Crippen molar-refractivity contribution in [3.05, 3.63) is 47.0 Å². The van der Waals surface area contributed by atoms with Gasteiger partial charge in [0.15, 0.2) is 0 Å². The molecule has 0 aliphatic heterocycles.